The summed E-state index contributed by atoms with van der Waals surface area (Å²) in [6.07, 6.45) is 0. The van der Waals surface area contributed by atoms with Gasteiger partial charge in [-0.2, -0.15) is 0 Å². The number of esters is 1. The number of carbonyl (C=O) groups is 1. The normalized spacial score (nSPS) is 10.8. The molecule has 2 aromatic rings. The lowest BCUT2D eigenvalue weighted by molar-refractivity contribution is -0.145. The van der Waals surface area contributed by atoms with E-state index in [1.807, 2.05) is 0 Å². The van der Waals surface area contributed by atoms with Gasteiger partial charge < -0.3 is 14.2 Å². The molecular weight excluding hydrogens is 346 g/mol. The number of sulfonamides is 1. The Hall–Kier alpha value is -2.74. The maximum atomic E-state index is 12.4. The number of hydrogen-bond donors (Lipinski definition) is 1. The van der Waals surface area contributed by atoms with Crippen LogP contribution in [0.3, 0.4) is 0 Å². The molecule has 0 saturated heterocycles. The Morgan fingerprint density at radius 2 is 1.80 bits per heavy atom. The molecule has 1 N–H and O–H groups in total. The number of methoxy groups -OCH3 is 1. The van der Waals surface area contributed by atoms with E-state index in [1.54, 1.807) is 31.2 Å². The Morgan fingerprint density at radius 1 is 1.08 bits per heavy atom. The van der Waals surface area contributed by atoms with Crippen molar-refractivity contribution in [3.63, 3.8) is 0 Å². The first kappa shape index (κ1) is 18.6. The van der Waals surface area contributed by atoms with Crippen molar-refractivity contribution >= 4 is 21.7 Å². The van der Waals surface area contributed by atoms with Crippen LogP contribution in [0.5, 0.6) is 11.5 Å². The summed E-state index contributed by atoms with van der Waals surface area (Å²) in [6, 6.07) is 12.5. The van der Waals surface area contributed by atoms with E-state index in [0.717, 1.165) is 0 Å². The lowest BCUT2D eigenvalue weighted by atomic mass is 10.3. The number of benzene rings is 2. The summed E-state index contributed by atoms with van der Waals surface area (Å²) in [5, 5.41) is 0. The quantitative estimate of drug-likeness (QED) is 0.723. The number of ether oxygens (including phenoxy) is 3. The van der Waals surface area contributed by atoms with Crippen molar-refractivity contribution in [2.45, 2.75) is 11.8 Å². The number of rotatable bonds is 8. The summed E-state index contributed by atoms with van der Waals surface area (Å²) in [7, 11) is -2.28. The van der Waals surface area contributed by atoms with Crippen LogP contribution in [0.25, 0.3) is 0 Å². The Labute approximate surface area is 146 Å². The predicted molar refractivity (Wildman–Crippen MR) is 92.4 cm³/mol. The topological polar surface area (TPSA) is 90.9 Å². The molecule has 25 heavy (non-hydrogen) atoms. The van der Waals surface area contributed by atoms with Crippen LogP contribution in [0.1, 0.15) is 6.92 Å². The van der Waals surface area contributed by atoms with Gasteiger partial charge in [0.2, 0.25) is 0 Å². The van der Waals surface area contributed by atoms with Crippen LogP contribution in [0.15, 0.2) is 53.4 Å². The first-order chi connectivity index (χ1) is 12.0. The highest BCUT2D eigenvalue weighted by Crippen LogP contribution is 2.31. The average Bonchev–Trinajstić information content (AvgIpc) is 2.61. The van der Waals surface area contributed by atoms with E-state index >= 15 is 0 Å². The molecule has 0 heterocycles. The molecule has 0 spiro atoms. The van der Waals surface area contributed by atoms with Crippen molar-refractivity contribution in [3.8, 4) is 11.5 Å². The van der Waals surface area contributed by atoms with Crippen LogP contribution in [-0.2, 0) is 19.6 Å². The van der Waals surface area contributed by atoms with Gasteiger partial charge in [0.1, 0.15) is 0 Å². The van der Waals surface area contributed by atoms with Gasteiger partial charge in [0.25, 0.3) is 10.0 Å². The maximum Gasteiger partial charge on any atom is 0.344 e. The summed E-state index contributed by atoms with van der Waals surface area (Å²) < 4.78 is 42.5. The third kappa shape index (κ3) is 5.12. The van der Waals surface area contributed by atoms with Gasteiger partial charge >= 0.3 is 5.97 Å². The Morgan fingerprint density at radius 3 is 2.44 bits per heavy atom. The van der Waals surface area contributed by atoms with Crippen LogP contribution < -0.4 is 14.2 Å². The summed E-state index contributed by atoms with van der Waals surface area (Å²) in [5.41, 5.74) is 0.281. The van der Waals surface area contributed by atoms with Crippen LogP contribution in [-0.4, -0.2) is 34.7 Å². The Bertz CT molecular complexity index is 820. The van der Waals surface area contributed by atoms with Gasteiger partial charge in [-0.1, -0.05) is 18.2 Å². The molecule has 0 saturated carbocycles. The van der Waals surface area contributed by atoms with Crippen LogP contribution in [0, 0.1) is 0 Å². The predicted octanol–water partition coefficient (Wildman–Crippen LogP) is 2.44. The van der Waals surface area contributed by atoms with Crippen LogP contribution in [0.4, 0.5) is 5.69 Å². The standard InChI is InChI=1S/C17H19NO6S/c1-3-23-17(19)12-24-16-11-13(9-10-15(16)22-2)18-25(20,21)14-7-5-4-6-8-14/h4-11,18H,3,12H2,1-2H3. The SMILES string of the molecule is CCOC(=O)COc1cc(NS(=O)(=O)c2ccccc2)ccc1OC. The van der Waals surface area contributed by atoms with Gasteiger partial charge in [-0.15, -0.1) is 0 Å². The smallest absolute Gasteiger partial charge is 0.344 e. The molecule has 8 heteroatoms. The number of nitrogens with one attached hydrogen (secondary N) is 1. The molecule has 0 radical (unpaired) electrons. The minimum atomic E-state index is -3.73. The zero-order valence-corrected chi connectivity index (χ0v) is 14.7. The fourth-order valence-corrected chi connectivity index (χ4v) is 3.08. The van der Waals surface area contributed by atoms with Gasteiger partial charge in [0.05, 0.1) is 24.3 Å². The van der Waals surface area contributed by atoms with E-state index in [1.165, 1.54) is 31.4 Å². The van der Waals surface area contributed by atoms with Gasteiger partial charge in [0, 0.05) is 6.07 Å². The van der Waals surface area contributed by atoms with Gasteiger partial charge in [-0.3, -0.25) is 4.72 Å². The number of hydrogen-bond acceptors (Lipinski definition) is 6. The molecular formula is C17H19NO6S. The molecule has 0 unspecified atom stereocenters. The Kier molecular flexibility index (Phi) is 6.24. The first-order valence-electron chi connectivity index (χ1n) is 7.50. The molecule has 0 amide bonds. The summed E-state index contributed by atoms with van der Waals surface area (Å²) in [5.74, 6) is 0.0654. The van der Waals surface area contributed by atoms with Crippen molar-refractivity contribution in [1.29, 1.82) is 0 Å². The molecule has 2 aromatic carbocycles. The highest BCUT2D eigenvalue weighted by Gasteiger charge is 2.15. The zero-order chi connectivity index (χ0) is 18.3. The summed E-state index contributed by atoms with van der Waals surface area (Å²) in [6.45, 7) is 1.63. The number of carbonyl (C=O) groups excluding carboxylic acids is 1. The largest absolute Gasteiger partial charge is 0.493 e. The molecule has 0 aliphatic rings. The second-order valence-electron chi connectivity index (χ2n) is 4.88. The molecule has 0 aliphatic heterocycles. The van der Waals surface area contributed by atoms with Crippen molar-refractivity contribution < 1.29 is 27.4 Å². The van der Waals surface area contributed by atoms with Crippen molar-refractivity contribution in [2.75, 3.05) is 25.0 Å². The lowest BCUT2D eigenvalue weighted by Gasteiger charge is -2.13. The van der Waals surface area contributed by atoms with Gasteiger partial charge in [-0.25, -0.2) is 13.2 Å². The van der Waals surface area contributed by atoms with Gasteiger partial charge in [0.15, 0.2) is 18.1 Å². The van der Waals surface area contributed by atoms with Crippen molar-refractivity contribution in [1.82, 2.24) is 0 Å². The van der Waals surface area contributed by atoms with Crippen LogP contribution >= 0.6 is 0 Å². The van der Waals surface area contributed by atoms with Gasteiger partial charge in [-0.05, 0) is 31.2 Å². The van der Waals surface area contributed by atoms with E-state index in [9.17, 15) is 13.2 Å². The molecule has 0 aliphatic carbocycles. The highest BCUT2D eigenvalue weighted by molar-refractivity contribution is 7.92. The van der Waals surface area contributed by atoms with Crippen molar-refractivity contribution in [3.05, 3.63) is 48.5 Å². The molecule has 2 rings (SSSR count). The zero-order valence-electron chi connectivity index (χ0n) is 13.9. The van der Waals surface area contributed by atoms with E-state index < -0.39 is 16.0 Å². The van der Waals surface area contributed by atoms with Crippen molar-refractivity contribution in [2.24, 2.45) is 0 Å². The third-order valence-corrected chi connectivity index (χ3v) is 4.52. The highest BCUT2D eigenvalue weighted by atomic mass is 32.2. The van der Waals surface area contributed by atoms with Crippen LogP contribution in [0.2, 0.25) is 0 Å². The Balaban J connectivity index is 2.19. The number of anilines is 1. The molecule has 7 nitrogen and oxygen atoms in total. The fourth-order valence-electron chi connectivity index (χ4n) is 2.01. The molecule has 0 aromatic heterocycles. The average molecular weight is 365 g/mol. The van der Waals surface area contributed by atoms with E-state index in [4.69, 9.17) is 14.2 Å². The molecule has 0 atom stereocenters. The minimum absolute atomic E-state index is 0.139. The van der Waals surface area contributed by atoms with E-state index in [0.29, 0.717) is 5.75 Å². The molecule has 0 fully saturated rings. The molecule has 134 valence electrons. The third-order valence-electron chi connectivity index (χ3n) is 3.12. The van der Waals surface area contributed by atoms with E-state index in [-0.39, 0.29) is 29.5 Å². The summed E-state index contributed by atoms with van der Waals surface area (Å²) in [4.78, 5) is 11.6. The van der Waals surface area contributed by atoms with E-state index in [2.05, 4.69) is 4.72 Å². The first-order valence-corrected chi connectivity index (χ1v) is 8.99. The second kappa shape index (κ2) is 8.39. The second-order valence-corrected chi connectivity index (χ2v) is 6.56. The molecule has 0 bridgehead atoms. The lowest BCUT2D eigenvalue weighted by Crippen LogP contribution is -2.15. The monoisotopic (exact) mass is 365 g/mol. The maximum absolute atomic E-state index is 12.4. The fraction of sp³-hybridized carbons (Fsp3) is 0.235. The summed E-state index contributed by atoms with van der Waals surface area (Å²) >= 11 is 0. The minimum Gasteiger partial charge on any atom is -0.493 e.